The summed E-state index contributed by atoms with van der Waals surface area (Å²) in [7, 11) is 0. The fraction of sp³-hybridized carbons (Fsp3) is 0.667. The number of hydrogen-bond acceptors (Lipinski definition) is 4. The number of aromatic nitrogens is 2. The molecule has 0 aromatic carbocycles. The standard InChI is InChI=1S/C12H18F2N4/c1-2-15-7-9-8-16-12(17-10(9)11(13)14)18-5-3-4-6-18/h8,11,15H,2-7H2,1H3. The van der Waals surface area contributed by atoms with Crippen LogP contribution in [0.4, 0.5) is 14.7 Å². The first-order valence-electron chi connectivity index (χ1n) is 6.32. The second-order valence-corrected chi connectivity index (χ2v) is 4.36. The Bertz CT molecular complexity index is 392. The first-order valence-corrected chi connectivity index (χ1v) is 6.32. The molecule has 100 valence electrons. The Labute approximate surface area is 105 Å². The Hall–Kier alpha value is -1.30. The third kappa shape index (κ3) is 2.93. The average molecular weight is 256 g/mol. The van der Waals surface area contributed by atoms with E-state index in [1.54, 1.807) is 0 Å². The second kappa shape index (κ2) is 6.04. The summed E-state index contributed by atoms with van der Waals surface area (Å²) >= 11 is 0. The van der Waals surface area contributed by atoms with Crippen LogP contribution in [0.3, 0.4) is 0 Å². The number of halogens is 2. The number of nitrogens with one attached hydrogen (secondary N) is 1. The van der Waals surface area contributed by atoms with Crippen LogP contribution < -0.4 is 10.2 Å². The molecule has 0 atom stereocenters. The van der Waals surface area contributed by atoms with Crippen LogP contribution in [0.1, 0.15) is 37.4 Å². The zero-order valence-corrected chi connectivity index (χ0v) is 10.5. The molecule has 6 heteroatoms. The van der Waals surface area contributed by atoms with Gasteiger partial charge in [-0.25, -0.2) is 18.7 Å². The van der Waals surface area contributed by atoms with E-state index in [2.05, 4.69) is 15.3 Å². The fourth-order valence-electron chi connectivity index (χ4n) is 2.06. The summed E-state index contributed by atoms with van der Waals surface area (Å²) in [5.74, 6) is 0.433. The van der Waals surface area contributed by atoms with Crippen LogP contribution in [0, 0.1) is 0 Å². The maximum absolute atomic E-state index is 13.0. The van der Waals surface area contributed by atoms with Crippen molar-refractivity contribution in [2.75, 3.05) is 24.5 Å². The van der Waals surface area contributed by atoms with E-state index in [4.69, 9.17) is 0 Å². The molecule has 2 heterocycles. The fourth-order valence-corrected chi connectivity index (χ4v) is 2.06. The Morgan fingerprint density at radius 2 is 2.11 bits per heavy atom. The van der Waals surface area contributed by atoms with E-state index in [0.717, 1.165) is 32.5 Å². The summed E-state index contributed by atoms with van der Waals surface area (Å²) in [6, 6.07) is 0. The monoisotopic (exact) mass is 256 g/mol. The Morgan fingerprint density at radius 1 is 1.39 bits per heavy atom. The van der Waals surface area contributed by atoms with Gasteiger partial charge in [-0.2, -0.15) is 0 Å². The minimum atomic E-state index is -2.55. The molecule has 2 rings (SSSR count). The minimum absolute atomic E-state index is 0.146. The zero-order valence-electron chi connectivity index (χ0n) is 10.5. The summed E-state index contributed by atoms with van der Waals surface area (Å²) < 4.78 is 26.0. The predicted molar refractivity (Wildman–Crippen MR) is 65.8 cm³/mol. The van der Waals surface area contributed by atoms with Crippen molar-refractivity contribution in [3.8, 4) is 0 Å². The molecule has 1 aromatic heterocycles. The Morgan fingerprint density at radius 3 is 2.72 bits per heavy atom. The molecule has 18 heavy (non-hydrogen) atoms. The van der Waals surface area contributed by atoms with Crippen molar-refractivity contribution >= 4 is 5.95 Å². The molecule has 0 radical (unpaired) electrons. The maximum Gasteiger partial charge on any atom is 0.280 e. The predicted octanol–water partition coefficient (Wildman–Crippen LogP) is 2.12. The van der Waals surface area contributed by atoms with Crippen LogP contribution in [0.25, 0.3) is 0 Å². The molecule has 1 aromatic rings. The Kier molecular flexibility index (Phi) is 4.41. The van der Waals surface area contributed by atoms with Gasteiger partial charge in [-0.15, -0.1) is 0 Å². The normalized spacial score (nSPS) is 15.7. The van der Waals surface area contributed by atoms with Crippen molar-refractivity contribution < 1.29 is 8.78 Å². The van der Waals surface area contributed by atoms with E-state index >= 15 is 0 Å². The van der Waals surface area contributed by atoms with E-state index in [1.807, 2.05) is 11.8 Å². The zero-order chi connectivity index (χ0) is 13.0. The van der Waals surface area contributed by atoms with Crippen LogP contribution in [0.2, 0.25) is 0 Å². The van der Waals surface area contributed by atoms with E-state index < -0.39 is 6.43 Å². The molecule has 0 bridgehead atoms. The first-order chi connectivity index (χ1) is 8.72. The van der Waals surface area contributed by atoms with E-state index in [9.17, 15) is 8.78 Å². The van der Waals surface area contributed by atoms with Gasteiger partial charge in [0.2, 0.25) is 5.95 Å². The van der Waals surface area contributed by atoms with Crippen molar-refractivity contribution in [3.05, 3.63) is 17.5 Å². The molecule has 1 saturated heterocycles. The van der Waals surface area contributed by atoms with E-state index in [0.29, 0.717) is 18.1 Å². The number of nitrogens with zero attached hydrogens (tertiary/aromatic N) is 3. The summed E-state index contributed by atoms with van der Waals surface area (Å²) in [5, 5.41) is 3.02. The van der Waals surface area contributed by atoms with Crippen molar-refractivity contribution in [1.29, 1.82) is 0 Å². The SMILES string of the molecule is CCNCc1cnc(N2CCCC2)nc1C(F)F. The van der Waals surface area contributed by atoms with Gasteiger partial charge in [0.05, 0.1) is 0 Å². The van der Waals surface area contributed by atoms with Gasteiger partial charge in [0.1, 0.15) is 5.69 Å². The summed E-state index contributed by atoms with van der Waals surface area (Å²) in [6.45, 7) is 4.76. The number of hydrogen-bond donors (Lipinski definition) is 1. The molecule has 1 N–H and O–H groups in total. The highest BCUT2D eigenvalue weighted by Crippen LogP contribution is 2.24. The molecule has 0 saturated carbocycles. The molecule has 0 spiro atoms. The number of alkyl halides is 2. The third-order valence-electron chi connectivity index (χ3n) is 3.05. The van der Waals surface area contributed by atoms with Crippen molar-refractivity contribution in [1.82, 2.24) is 15.3 Å². The lowest BCUT2D eigenvalue weighted by Crippen LogP contribution is -2.22. The van der Waals surface area contributed by atoms with Crippen LogP contribution in [-0.4, -0.2) is 29.6 Å². The third-order valence-corrected chi connectivity index (χ3v) is 3.05. The summed E-state index contributed by atoms with van der Waals surface area (Å²) in [4.78, 5) is 10.2. The van der Waals surface area contributed by atoms with Crippen LogP contribution in [-0.2, 0) is 6.54 Å². The number of rotatable bonds is 5. The largest absolute Gasteiger partial charge is 0.341 e. The van der Waals surface area contributed by atoms with Gasteiger partial charge < -0.3 is 10.2 Å². The van der Waals surface area contributed by atoms with Gasteiger partial charge in [0, 0.05) is 31.4 Å². The molecule has 0 aliphatic carbocycles. The van der Waals surface area contributed by atoms with Crippen LogP contribution in [0.15, 0.2) is 6.20 Å². The van der Waals surface area contributed by atoms with Crippen molar-refractivity contribution in [3.63, 3.8) is 0 Å². The van der Waals surface area contributed by atoms with Gasteiger partial charge in [0.25, 0.3) is 6.43 Å². The lowest BCUT2D eigenvalue weighted by atomic mass is 10.2. The van der Waals surface area contributed by atoms with Crippen molar-refractivity contribution in [2.45, 2.75) is 32.7 Å². The van der Waals surface area contributed by atoms with Crippen molar-refractivity contribution in [2.24, 2.45) is 0 Å². The van der Waals surface area contributed by atoms with Crippen LogP contribution in [0.5, 0.6) is 0 Å². The van der Waals surface area contributed by atoms with E-state index in [-0.39, 0.29) is 5.69 Å². The molecule has 0 unspecified atom stereocenters. The van der Waals surface area contributed by atoms with Gasteiger partial charge in [-0.3, -0.25) is 0 Å². The average Bonchev–Trinajstić information content (AvgIpc) is 2.90. The molecule has 1 aliphatic heterocycles. The highest BCUT2D eigenvalue weighted by atomic mass is 19.3. The molecule has 0 amide bonds. The lowest BCUT2D eigenvalue weighted by molar-refractivity contribution is 0.144. The smallest absolute Gasteiger partial charge is 0.280 e. The summed E-state index contributed by atoms with van der Waals surface area (Å²) in [5.41, 5.74) is 0.336. The highest BCUT2D eigenvalue weighted by molar-refractivity contribution is 5.34. The maximum atomic E-state index is 13.0. The van der Waals surface area contributed by atoms with Gasteiger partial charge in [-0.1, -0.05) is 6.92 Å². The quantitative estimate of drug-likeness (QED) is 0.876. The van der Waals surface area contributed by atoms with Crippen LogP contribution >= 0.6 is 0 Å². The highest BCUT2D eigenvalue weighted by Gasteiger charge is 2.20. The molecule has 1 aliphatic rings. The molecule has 1 fully saturated rings. The number of anilines is 1. The lowest BCUT2D eigenvalue weighted by Gasteiger charge is -2.17. The first kappa shape index (κ1) is 13.1. The molecular weight excluding hydrogens is 238 g/mol. The van der Waals surface area contributed by atoms with Gasteiger partial charge in [0.15, 0.2) is 0 Å². The Balaban J connectivity index is 2.21. The van der Waals surface area contributed by atoms with Gasteiger partial charge >= 0.3 is 0 Å². The van der Waals surface area contributed by atoms with Gasteiger partial charge in [-0.05, 0) is 19.4 Å². The minimum Gasteiger partial charge on any atom is -0.341 e. The molecule has 4 nitrogen and oxygen atoms in total. The summed E-state index contributed by atoms with van der Waals surface area (Å²) in [6.07, 6.45) is 1.12. The van der Waals surface area contributed by atoms with E-state index in [1.165, 1.54) is 6.20 Å². The topological polar surface area (TPSA) is 41.1 Å². The molecular formula is C12H18F2N4. The second-order valence-electron chi connectivity index (χ2n) is 4.36.